The zero-order valence-corrected chi connectivity index (χ0v) is 9.96. The van der Waals surface area contributed by atoms with Crippen LogP contribution in [0.15, 0.2) is 6.33 Å². The molecule has 0 aromatic carbocycles. The molecule has 2 amide bonds. The molecule has 0 spiro atoms. The quantitative estimate of drug-likeness (QED) is 0.691. The molecule has 0 radical (unpaired) electrons. The summed E-state index contributed by atoms with van der Waals surface area (Å²) in [5, 5.41) is 18.0. The lowest BCUT2D eigenvalue weighted by Gasteiger charge is -2.23. The van der Waals surface area contributed by atoms with Crippen LogP contribution in [0, 0.1) is 5.92 Å². The maximum Gasteiger partial charge on any atom is 0.326 e. The summed E-state index contributed by atoms with van der Waals surface area (Å²) >= 11 is 0. The van der Waals surface area contributed by atoms with Crippen molar-refractivity contribution in [1.29, 1.82) is 0 Å². The molecule has 2 unspecified atom stereocenters. The largest absolute Gasteiger partial charge is 0.480 e. The number of carboxylic acid groups (broad SMARTS) is 1. The summed E-state index contributed by atoms with van der Waals surface area (Å²) in [6.45, 7) is 2.50. The summed E-state index contributed by atoms with van der Waals surface area (Å²) in [5.74, 6) is -0.462. The van der Waals surface area contributed by atoms with Gasteiger partial charge in [0.05, 0.1) is 6.54 Å². The van der Waals surface area contributed by atoms with E-state index in [4.69, 9.17) is 5.11 Å². The molecule has 1 aliphatic heterocycles. The average Bonchev–Trinajstić information content (AvgIpc) is 2.94. The minimum atomic E-state index is -0.963. The average molecular weight is 253 g/mol. The van der Waals surface area contributed by atoms with Crippen molar-refractivity contribution in [3.8, 4) is 0 Å². The van der Waals surface area contributed by atoms with Gasteiger partial charge in [0, 0.05) is 6.54 Å². The topological polar surface area (TPSA) is 111 Å². The van der Waals surface area contributed by atoms with Gasteiger partial charge in [0.25, 0.3) is 0 Å². The number of aliphatic carboxylic acids is 1. The number of carbonyl (C=O) groups excluding carboxylic acids is 1. The van der Waals surface area contributed by atoms with E-state index in [2.05, 4.69) is 20.5 Å². The van der Waals surface area contributed by atoms with Gasteiger partial charge >= 0.3 is 12.0 Å². The van der Waals surface area contributed by atoms with Crippen molar-refractivity contribution >= 4 is 12.0 Å². The van der Waals surface area contributed by atoms with Crippen LogP contribution in [0.1, 0.15) is 19.2 Å². The Bertz CT molecular complexity index is 433. The van der Waals surface area contributed by atoms with Crippen LogP contribution in [-0.2, 0) is 11.3 Å². The number of H-pyrrole nitrogens is 1. The first-order valence-electron chi connectivity index (χ1n) is 5.71. The lowest BCUT2D eigenvalue weighted by atomic mass is 10.0. The highest BCUT2D eigenvalue weighted by Gasteiger charge is 2.39. The molecule has 18 heavy (non-hydrogen) atoms. The van der Waals surface area contributed by atoms with Crippen LogP contribution in [0.2, 0.25) is 0 Å². The van der Waals surface area contributed by atoms with Crippen LogP contribution in [0.25, 0.3) is 0 Å². The molecule has 0 saturated carbocycles. The van der Waals surface area contributed by atoms with Gasteiger partial charge in [-0.05, 0) is 12.3 Å². The minimum absolute atomic E-state index is 0.0291. The molecule has 1 aliphatic rings. The second-order valence-electron chi connectivity index (χ2n) is 4.33. The smallest absolute Gasteiger partial charge is 0.326 e. The van der Waals surface area contributed by atoms with Crippen molar-refractivity contribution in [2.45, 2.75) is 25.9 Å². The number of hydrogen-bond acceptors (Lipinski definition) is 4. The number of aromatic amines is 1. The first kappa shape index (κ1) is 12.3. The first-order valence-corrected chi connectivity index (χ1v) is 5.71. The number of aromatic nitrogens is 3. The lowest BCUT2D eigenvalue weighted by Crippen LogP contribution is -2.47. The summed E-state index contributed by atoms with van der Waals surface area (Å²) in [6.07, 6.45) is 2.05. The maximum absolute atomic E-state index is 11.9. The molecule has 2 rings (SSSR count). The molecule has 2 atom stereocenters. The summed E-state index contributed by atoms with van der Waals surface area (Å²) in [5.41, 5.74) is 0. The third kappa shape index (κ3) is 2.41. The van der Waals surface area contributed by atoms with Crippen molar-refractivity contribution in [3.05, 3.63) is 12.2 Å². The molecule has 8 heteroatoms. The van der Waals surface area contributed by atoms with Gasteiger partial charge in [-0.1, -0.05) is 6.92 Å². The van der Waals surface area contributed by atoms with Crippen LogP contribution in [-0.4, -0.2) is 49.8 Å². The Kier molecular flexibility index (Phi) is 3.45. The molecule has 1 fully saturated rings. The fourth-order valence-corrected chi connectivity index (χ4v) is 2.13. The van der Waals surface area contributed by atoms with E-state index in [1.54, 1.807) is 0 Å². The summed E-state index contributed by atoms with van der Waals surface area (Å²) in [6, 6.07) is -1.14. The van der Waals surface area contributed by atoms with Gasteiger partial charge in [-0.15, -0.1) is 0 Å². The molecule has 8 nitrogen and oxygen atoms in total. The molecule has 98 valence electrons. The van der Waals surface area contributed by atoms with Crippen molar-refractivity contribution < 1.29 is 14.7 Å². The van der Waals surface area contributed by atoms with Crippen LogP contribution in [0.3, 0.4) is 0 Å². The van der Waals surface area contributed by atoms with E-state index in [1.165, 1.54) is 11.2 Å². The summed E-state index contributed by atoms with van der Waals surface area (Å²) in [4.78, 5) is 28.2. The molecular formula is C10H15N5O3. The Morgan fingerprint density at radius 3 is 3.06 bits per heavy atom. The second kappa shape index (κ2) is 5.03. The van der Waals surface area contributed by atoms with Crippen molar-refractivity contribution in [2.24, 2.45) is 5.92 Å². The summed E-state index contributed by atoms with van der Waals surface area (Å²) < 4.78 is 0. The zero-order chi connectivity index (χ0) is 13.1. The number of carboxylic acids is 1. The molecule has 1 aromatic heterocycles. The van der Waals surface area contributed by atoms with Gasteiger partial charge in [-0.25, -0.2) is 14.6 Å². The van der Waals surface area contributed by atoms with Crippen LogP contribution in [0.5, 0.6) is 0 Å². The highest BCUT2D eigenvalue weighted by molar-refractivity contribution is 5.83. The summed E-state index contributed by atoms with van der Waals surface area (Å²) in [7, 11) is 0. The van der Waals surface area contributed by atoms with E-state index in [-0.39, 0.29) is 18.5 Å². The fourth-order valence-electron chi connectivity index (χ4n) is 2.13. The Morgan fingerprint density at radius 1 is 1.67 bits per heavy atom. The first-order chi connectivity index (χ1) is 8.59. The molecule has 0 bridgehead atoms. The van der Waals surface area contributed by atoms with Crippen LogP contribution >= 0.6 is 0 Å². The van der Waals surface area contributed by atoms with Gasteiger partial charge in [0.2, 0.25) is 0 Å². The van der Waals surface area contributed by atoms with E-state index in [0.717, 1.165) is 0 Å². The number of amides is 2. The fraction of sp³-hybridized carbons (Fsp3) is 0.600. The Labute approximate surface area is 103 Å². The lowest BCUT2D eigenvalue weighted by molar-refractivity contribution is -0.142. The van der Waals surface area contributed by atoms with Crippen molar-refractivity contribution in [3.63, 3.8) is 0 Å². The van der Waals surface area contributed by atoms with Crippen LogP contribution < -0.4 is 5.32 Å². The van der Waals surface area contributed by atoms with E-state index in [9.17, 15) is 9.59 Å². The van der Waals surface area contributed by atoms with E-state index < -0.39 is 12.0 Å². The van der Waals surface area contributed by atoms with E-state index in [0.29, 0.717) is 18.8 Å². The highest BCUT2D eigenvalue weighted by Crippen LogP contribution is 2.23. The van der Waals surface area contributed by atoms with Crippen LogP contribution in [0.4, 0.5) is 4.79 Å². The highest BCUT2D eigenvalue weighted by atomic mass is 16.4. The standard InChI is InChI=1S/C10H15N5O3/c1-6-2-3-15(8(6)9(16)17)10(18)11-4-7-12-5-13-14-7/h5-6,8H,2-4H2,1H3,(H,11,18)(H,16,17)(H,12,13,14). The number of rotatable bonds is 3. The number of hydrogen-bond donors (Lipinski definition) is 3. The van der Waals surface area contributed by atoms with Crippen molar-refractivity contribution in [2.75, 3.05) is 6.54 Å². The zero-order valence-electron chi connectivity index (χ0n) is 9.96. The Morgan fingerprint density at radius 2 is 2.44 bits per heavy atom. The predicted molar refractivity (Wildman–Crippen MR) is 60.5 cm³/mol. The Hall–Kier alpha value is -2.12. The molecule has 0 aliphatic carbocycles. The number of nitrogens with one attached hydrogen (secondary N) is 2. The third-order valence-corrected chi connectivity index (χ3v) is 3.09. The molecule has 1 aromatic rings. The van der Waals surface area contributed by atoms with Gasteiger partial charge < -0.3 is 15.3 Å². The van der Waals surface area contributed by atoms with E-state index in [1.807, 2.05) is 6.92 Å². The van der Waals surface area contributed by atoms with E-state index >= 15 is 0 Å². The number of nitrogens with zero attached hydrogens (tertiary/aromatic N) is 3. The molecule has 3 N–H and O–H groups in total. The predicted octanol–water partition coefficient (Wildman–Crippen LogP) is -0.191. The van der Waals surface area contributed by atoms with Crippen molar-refractivity contribution in [1.82, 2.24) is 25.4 Å². The number of carbonyl (C=O) groups is 2. The van der Waals surface area contributed by atoms with Gasteiger partial charge in [0.15, 0.2) is 0 Å². The third-order valence-electron chi connectivity index (χ3n) is 3.09. The Balaban J connectivity index is 1.94. The van der Waals surface area contributed by atoms with Gasteiger partial charge in [-0.2, -0.15) is 5.10 Å². The number of likely N-dealkylation sites (tertiary alicyclic amines) is 1. The molecular weight excluding hydrogens is 238 g/mol. The van der Waals surface area contributed by atoms with Gasteiger partial charge in [-0.3, -0.25) is 5.10 Å². The second-order valence-corrected chi connectivity index (χ2v) is 4.33. The minimum Gasteiger partial charge on any atom is -0.480 e. The monoisotopic (exact) mass is 253 g/mol. The normalized spacial score (nSPS) is 23.1. The maximum atomic E-state index is 11.9. The molecule has 2 heterocycles. The number of urea groups is 1. The van der Waals surface area contributed by atoms with Gasteiger partial charge in [0.1, 0.15) is 18.2 Å². The molecule has 1 saturated heterocycles. The SMILES string of the molecule is CC1CCN(C(=O)NCc2ncn[nH]2)C1C(=O)O.